The highest BCUT2D eigenvalue weighted by atomic mass is 35.5. The van der Waals surface area contributed by atoms with E-state index < -0.39 is 6.10 Å². The molecular weight excluding hydrogens is 290 g/mol. The van der Waals surface area contributed by atoms with Crippen LogP contribution in [0.4, 0.5) is 0 Å². The molecule has 0 fully saturated rings. The summed E-state index contributed by atoms with van der Waals surface area (Å²) < 4.78 is 5.52. The number of benzene rings is 2. The lowest BCUT2D eigenvalue weighted by atomic mass is 10.2. The van der Waals surface area contributed by atoms with E-state index in [1.165, 1.54) is 0 Å². The molecule has 2 rings (SSSR count). The van der Waals surface area contributed by atoms with E-state index in [0.29, 0.717) is 16.3 Å². The van der Waals surface area contributed by atoms with Gasteiger partial charge in [0.1, 0.15) is 11.5 Å². The van der Waals surface area contributed by atoms with Crippen LogP contribution in [0.5, 0.6) is 11.5 Å². The van der Waals surface area contributed by atoms with E-state index in [4.69, 9.17) is 16.3 Å². The van der Waals surface area contributed by atoms with Gasteiger partial charge >= 0.3 is 0 Å². The van der Waals surface area contributed by atoms with Gasteiger partial charge in [-0.15, -0.1) is 0 Å². The van der Waals surface area contributed by atoms with Crippen molar-refractivity contribution >= 4 is 17.5 Å². The predicted molar refractivity (Wildman–Crippen MR) is 81.5 cm³/mol. The quantitative estimate of drug-likeness (QED) is 0.892. The molecule has 0 aliphatic carbocycles. The van der Waals surface area contributed by atoms with Crippen molar-refractivity contribution in [3.05, 3.63) is 59.1 Å². The third-order valence-electron chi connectivity index (χ3n) is 2.95. The SMILES string of the molecule is C[C@@H](Oc1ccccc1Cl)C(=O)NCc1ccccc1O. The van der Waals surface area contributed by atoms with Crippen LogP contribution >= 0.6 is 11.6 Å². The number of para-hydroxylation sites is 2. The second-order valence-corrected chi connectivity index (χ2v) is 4.94. The zero-order chi connectivity index (χ0) is 15.2. The van der Waals surface area contributed by atoms with Gasteiger partial charge in [-0.1, -0.05) is 41.9 Å². The van der Waals surface area contributed by atoms with Crippen LogP contribution in [0.3, 0.4) is 0 Å². The molecule has 0 aromatic heterocycles. The first-order valence-corrected chi connectivity index (χ1v) is 6.91. The third kappa shape index (κ3) is 4.13. The van der Waals surface area contributed by atoms with E-state index in [1.54, 1.807) is 55.5 Å². The lowest BCUT2D eigenvalue weighted by molar-refractivity contribution is -0.127. The highest BCUT2D eigenvalue weighted by molar-refractivity contribution is 6.32. The Balaban J connectivity index is 1.91. The topological polar surface area (TPSA) is 58.6 Å². The Morgan fingerprint density at radius 3 is 2.62 bits per heavy atom. The molecule has 0 saturated carbocycles. The van der Waals surface area contributed by atoms with Crippen LogP contribution in [-0.4, -0.2) is 17.1 Å². The van der Waals surface area contributed by atoms with Crippen LogP contribution in [0.25, 0.3) is 0 Å². The Morgan fingerprint density at radius 1 is 1.24 bits per heavy atom. The number of nitrogens with one attached hydrogen (secondary N) is 1. The zero-order valence-electron chi connectivity index (χ0n) is 11.5. The minimum absolute atomic E-state index is 0.150. The summed E-state index contributed by atoms with van der Waals surface area (Å²) in [5.74, 6) is 0.333. The molecule has 5 heteroatoms. The predicted octanol–water partition coefficient (Wildman–Crippen LogP) is 3.13. The van der Waals surface area contributed by atoms with E-state index in [9.17, 15) is 9.90 Å². The van der Waals surface area contributed by atoms with E-state index in [1.807, 2.05) is 0 Å². The van der Waals surface area contributed by atoms with Gasteiger partial charge in [0.25, 0.3) is 5.91 Å². The summed E-state index contributed by atoms with van der Waals surface area (Å²) in [6.07, 6.45) is -0.684. The van der Waals surface area contributed by atoms with Gasteiger partial charge in [-0.25, -0.2) is 0 Å². The van der Waals surface area contributed by atoms with Gasteiger partial charge in [0.05, 0.1) is 5.02 Å². The number of amides is 1. The molecule has 1 amide bonds. The van der Waals surface area contributed by atoms with E-state index in [-0.39, 0.29) is 18.2 Å². The molecule has 0 aliphatic rings. The lowest BCUT2D eigenvalue weighted by Crippen LogP contribution is -2.35. The fourth-order valence-corrected chi connectivity index (χ4v) is 1.95. The van der Waals surface area contributed by atoms with Gasteiger partial charge in [-0.05, 0) is 25.1 Å². The minimum atomic E-state index is -0.684. The molecule has 0 radical (unpaired) electrons. The van der Waals surface area contributed by atoms with Crippen molar-refractivity contribution in [2.45, 2.75) is 19.6 Å². The molecule has 110 valence electrons. The van der Waals surface area contributed by atoms with Gasteiger partial charge in [0.2, 0.25) is 0 Å². The summed E-state index contributed by atoms with van der Waals surface area (Å²) in [5.41, 5.74) is 0.649. The third-order valence-corrected chi connectivity index (χ3v) is 3.27. The number of hydrogen-bond acceptors (Lipinski definition) is 3. The van der Waals surface area contributed by atoms with Crippen molar-refractivity contribution in [2.75, 3.05) is 0 Å². The van der Waals surface area contributed by atoms with Crippen LogP contribution in [0.15, 0.2) is 48.5 Å². The number of phenolic OH excluding ortho intramolecular Hbond substituents is 1. The Labute approximate surface area is 128 Å². The smallest absolute Gasteiger partial charge is 0.261 e. The van der Waals surface area contributed by atoms with Crippen molar-refractivity contribution in [1.29, 1.82) is 0 Å². The molecule has 0 aliphatic heterocycles. The summed E-state index contributed by atoms with van der Waals surface area (Å²) in [6.45, 7) is 1.88. The number of carbonyl (C=O) groups excluding carboxylic acids is 1. The molecule has 0 heterocycles. The summed E-state index contributed by atoms with van der Waals surface area (Å²) >= 11 is 5.98. The van der Waals surface area contributed by atoms with Crippen LogP contribution < -0.4 is 10.1 Å². The van der Waals surface area contributed by atoms with Crippen LogP contribution in [0, 0.1) is 0 Å². The highest BCUT2D eigenvalue weighted by Gasteiger charge is 2.16. The minimum Gasteiger partial charge on any atom is -0.508 e. The van der Waals surface area contributed by atoms with Crippen LogP contribution in [0.1, 0.15) is 12.5 Å². The van der Waals surface area contributed by atoms with Gasteiger partial charge < -0.3 is 15.2 Å². The Bertz CT molecular complexity index is 630. The Hall–Kier alpha value is -2.20. The first-order chi connectivity index (χ1) is 10.1. The number of ether oxygens (including phenoxy) is 1. The number of aromatic hydroxyl groups is 1. The number of carbonyl (C=O) groups is 1. The molecule has 0 bridgehead atoms. The normalized spacial score (nSPS) is 11.7. The maximum atomic E-state index is 12.0. The van der Waals surface area contributed by atoms with Crippen LogP contribution in [0.2, 0.25) is 5.02 Å². The van der Waals surface area contributed by atoms with Gasteiger partial charge in [-0.3, -0.25) is 4.79 Å². The van der Waals surface area contributed by atoms with Crippen molar-refractivity contribution < 1.29 is 14.6 Å². The van der Waals surface area contributed by atoms with E-state index in [0.717, 1.165) is 0 Å². The molecule has 21 heavy (non-hydrogen) atoms. The fourth-order valence-electron chi connectivity index (χ4n) is 1.77. The molecule has 2 N–H and O–H groups in total. The van der Waals surface area contributed by atoms with Gasteiger partial charge in [0, 0.05) is 12.1 Å². The summed E-state index contributed by atoms with van der Waals surface area (Å²) in [5, 5.41) is 12.8. The highest BCUT2D eigenvalue weighted by Crippen LogP contribution is 2.24. The molecule has 1 atom stereocenters. The average molecular weight is 306 g/mol. The second-order valence-electron chi connectivity index (χ2n) is 4.54. The summed E-state index contributed by atoms with van der Waals surface area (Å²) in [7, 11) is 0. The van der Waals surface area contributed by atoms with Crippen molar-refractivity contribution in [3.8, 4) is 11.5 Å². The molecule has 4 nitrogen and oxygen atoms in total. The maximum absolute atomic E-state index is 12.0. The Kier molecular flexibility index (Phi) is 5.06. The molecule has 2 aromatic rings. The number of phenols is 1. The maximum Gasteiger partial charge on any atom is 0.261 e. The summed E-state index contributed by atoms with van der Waals surface area (Å²) in [6, 6.07) is 13.8. The monoisotopic (exact) mass is 305 g/mol. The Morgan fingerprint density at radius 2 is 1.90 bits per heavy atom. The number of halogens is 1. The summed E-state index contributed by atoms with van der Waals surface area (Å²) in [4.78, 5) is 12.0. The van der Waals surface area contributed by atoms with Crippen molar-refractivity contribution in [3.63, 3.8) is 0 Å². The van der Waals surface area contributed by atoms with Gasteiger partial charge in [0.15, 0.2) is 6.10 Å². The molecule has 0 saturated heterocycles. The first kappa shape index (κ1) is 15.2. The average Bonchev–Trinajstić information content (AvgIpc) is 2.48. The van der Waals surface area contributed by atoms with E-state index >= 15 is 0 Å². The van der Waals surface area contributed by atoms with Crippen molar-refractivity contribution in [2.24, 2.45) is 0 Å². The van der Waals surface area contributed by atoms with Crippen LogP contribution in [-0.2, 0) is 11.3 Å². The number of rotatable bonds is 5. The van der Waals surface area contributed by atoms with Gasteiger partial charge in [-0.2, -0.15) is 0 Å². The second kappa shape index (κ2) is 6.99. The lowest BCUT2D eigenvalue weighted by Gasteiger charge is -2.15. The van der Waals surface area contributed by atoms with Crippen molar-refractivity contribution in [1.82, 2.24) is 5.32 Å². The largest absolute Gasteiger partial charge is 0.508 e. The standard InChI is InChI=1S/C16H16ClNO3/c1-11(21-15-9-5-3-7-13(15)17)16(20)18-10-12-6-2-4-8-14(12)19/h2-9,11,19H,10H2,1H3,(H,18,20)/t11-/m1/s1. The fraction of sp³-hybridized carbons (Fsp3) is 0.188. The zero-order valence-corrected chi connectivity index (χ0v) is 12.3. The molecule has 2 aromatic carbocycles. The molecular formula is C16H16ClNO3. The number of hydrogen-bond donors (Lipinski definition) is 2. The first-order valence-electron chi connectivity index (χ1n) is 6.53. The molecule has 0 unspecified atom stereocenters. The molecule has 0 spiro atoms. The van der Waals surface area contributed by atoms with E-state index in [2.05, 4.69) is 5.32 Å².